The topological polar surface area (TPSA) is 48.5 Å². The van der Waals surface area contributed by atoms with E-state index >= 15 is 0 Å². The van der Waals surface area contributed by atoms with Gasteiger partial charge in [0.15, 0.2) is 0 Å². The lowest BCUT2D eigenvalue weighted by atomic mass is 10.0. The second kappa shape index (κ2) is 7.54. The Bertz CT molecular complexity index is 695. The number of piperidine rings is 1. The van der Waals surface area contributed by atoms with Gasteiger partial charge in [0.05, 0.1) is 0 Å². The fourth-order valence-electron chi connectivity index (χ4n) is 3.81. The van der Waals surface area contributed by atoms with E-state index in [0.717, 1.165) is 35.8 Å². The Labute approximate surface area is 152 Å². The van der Waals surface area contributed by atoms with Crippen LogP contribution >= 0.6 is 11.3 Å². The second-order valence-electron chi connectivity index (χ2n) is 6.83. The molecule has 6 heteroatoms. The number of amides is 2. The summed E-state index contributed by atoms with van der Waals surface area (Å²) in [5.41, 5.74) is 1.92. The zero-order valence-corrected chi connectivity index (χ0v) is 15.2. The molecule has 0 bridgehead atoms. The molecule has 1 N–H and O–H groups in total. The van der Waals surface area contributed by atoms with Gasteiger partial charge >= 0.3 is 6.03 Å². The average Bonchev–Trinajstić information content (AvgIpc) is 3.36. The monoisotopic (exact) mass is 356 g/mol. The largest absolute Gasteiger partial charge is 0.323 e. The Hall–Kier alpha value is -1.92. The number of aromatic nitrogens is 1. The van der Waals surface area contributed by atoms with E-state index in [-0.39, 0.29) is 6.03 Å². The molecule has 1 atom stereocenters. The highest BCUT2D eigenvalue weighted by Gasteiger charge is 2.29. The van der Waals surface area contributed by atoms with Gasteiger partial charge in [-0.05, 0) is 63.0 Å². The molecule has 0 spiro atoms. The van der Waals surface area contributed by atoms with Gasteiger partial charge in [-0.3, -0.25) is 4.90 Å². The predicted molar refractivity (Wildman–Crippen MR) is 102 cm³/mol. The molecule has 2 aliphatic rings. The number of likely N-dealkylation sites (tertiary alicyclic amines) is 2. The fraction of sp³-hybridized carbons (Fsp3) is 0.474. The van der Waals surface area contributed by atoms with Crippen LogP contribution in [0.1, 0.15) is 25.7 Å². The van der Waals surface area contributed by atoms with E-state index in [0.29, 0.717) is 6.04 Å². The first-order valence-electron chi connectivity index (χ1n) is 9.09. The van der Waals surface area contributed by atoms with Gasteiger partial charge in [0.1, 0.15) is 5.01 Å². The molecule has 25 heavy (non-hydrogen) atoms. The number of thiazole rings is 1. The minimum Gasteiger partial charge on any atom is -0.323 e. The van der Waals surface area contributed by atoms with E-state index in [1.807, 2.05) is 40.7 Å². The number of carbonyl (C=O) groups excluding carboxylic acids is 1. The highest BCUT2D eigenvalue weighted by atomic mass is 32.1. The van der Waals surface area contributed by atoms with Gasteiger partial charge in [0.25, 0.3) is 0 Å². The van der Waals surface area contributed by atoms with Crippen LogP contribution in [-0.2, 0) is 0 Å². The summed E-state index contributed by atoms with van der Waals surface area (Å²) >= 11 is 1.62. The molecule has 1 aromatic heterocycles. The maximum atomic E-state index is 12.6. The minimum atomic E-state index is 0.0193. The van der Waals surface area contributed by atoms with Crippen molar-refractivity contribution in [1.82, 2.24) is 14.8 Å². The molecular formula is C19H24N4OS. The van der Waals surface area contributed by atoms with Crippen LogP contribution in [0.15, 0.2) is 35.8 Å². The van der Waals surface area contributed by atoms with Gasteiger partial charge in [-0.1, -0.05) is 0 Å². The van der Waals surface area contributed by atoms with Gasteiger partial charge in [0.2, 0.25) is 0 Å². The Morgan fingerprint density at radius 1 is 1.12 bits per heavy atom. The molecule has 132 valence electrons. The summed E-state index contributed by atoms with van der Waals surface area (Å²) in [6, 6.07) is 8.49. The summed E-state index contributed by atoms with van der Waals surface area (Å²) in [6.45, 7) is 4.09. The summed E-state index contributed by atoms with van der Waals surface area (Å²) in [5, 5.41) is 6.02. The smallest absolute Gasteiger partial charge is 0.321 e. The van der Waals surface area contributed by atoms with E-state index in [9.17, 15) is 4.79 Å². The summed E-state index contributed by atoms with van der Waals surface area (Å²) in [6.07, 6.45) is 6.72. The number of hydrogen-bond donors (Lipinski definition) is 1. The van der Waals surface area contributed by atoms with Crippen molar-refractivity contribution in [3.05, 3.63) is 35.8 Å². The molecule has 4 rings (SSSR count). The lowest BCUT2D eigenvalue weighted by Crippen LogP contribution is -2.50. The van der Waals surface area contributed by atoms with Gasteiger partial charge in [-0.2, -0.15) is 0 Å². The van der Waals surface area contributed by atoms with Crippen molar-refractivity contribution in [3.63, 3.8) is 0 Å². The third kappa shape index (κ3) is 3.85. The molecule has 5 nitrogen and oxygen atoms in total. The van der Waals surface area contributed by atoms with Crippen molar-refractivity contribution >= 4 is 23.1 Å². The maximum Gasteiger partial charge on any atom is 0.321 e. The highest BCUT2D eigenvalue weighted by Crippen LogP contribution is 2.24. The van der Waals surface area contributed by atoms with Crippen LogP contribution in [0.3, 0.4) is 0 Å². The predicted octanol–water partition coefficient (Wildman–Crippen LogP) is 3.90. The average molecular weight is 356 g/mol. The molecule has 0 radical (unpaired) electrons. The number of benzene rings is 1. The third-order valence-electron chi connectivity index (χ3n) is 5.16. The standard InChI is InChI=1S/C19H24N4OS/c24-19(23-12-3-4-17(14-23)22-10-1-2-11-22)21-16-7-5-15(6-8-16)18-20-9-13-25-18/h5-9,13,17H,1-4,10-12,14H2,(H,21,24)/t17-/m0/s1. The molecule has 1 aromatic carbocycles. The van der Waals surface area contributed by atoms with Crippen LogP contribution in [0.4, 0.5) is 10.5 Å². The molecule has 2 saturated heterocycles. The van der Waals surface area contributed by atoms with E-state index in [4.69, 9.17) is 0 Å². The number of urea groups is 1. The SMILES string of the molecule is O=C(Nc1ccc(-c2nccs2)cc1)N1CCC[C@H](N2CCCC2)C1. The molecule has 2 aliphatic heterocycles. The van der Waals surface area contributed by atoms with Crippen molar-refractivity contribution in [3.8, 4) is 10.6 Å². The number of nitrogens with one attached hydrogen (secondary N) is 1. The normalized spacial score (nSPS) is 21.4. The molecule has 2 fully saturated rings. The molecule has 2 amide bonds. The molecule has 2 aromatic rings. The molecule has 3 heterocycles. The quantitative estimate of drug-likeness (QED) is 0.907. The Kier molecular flexibility index (Phi) is 4.99. The lowest BCUT2D eigenvalue weighted by Gasteiger charge is -2.37. The number of anilines is 1. The first-order valence-corrected chi connectivity index (χ1v) is 9.97. The zero-order valence-electron chi connectivity index (χ0n) is 14.4. The Morgan fingerprint density at radius 2 is 1.92 bits per heavy atom. The van der Waals surface area contributed by atoms with Gasteiger partial charge in [0, 0.05) is 42.0 Å². The van der Waals surface area contributed by atoms with Crippen molar-refractivity contribution in [2.45, 2.75) is 31.7 Å². The van der Waals surface area contributed by atoms with E-state index in [1.165, 1.54) is 32.4 Å². The van der Waals surface area contributed by atoms with Crippen molar-refractivity contribution in [2.24, 2.45) is 0 Å². The van der Waals surface area contributed by atoms with E-state index < -0.39 is 0 Å². The number of nitrogens with zero attached hydrogens (tertiary/aromatic N) is 3. The lowest BCUT2D eigenvalue weighted by molar-refractivity contribution is 0.132. The second-order valence-corrected chi connectivity index (χ2v) is 7.72. The number of carbonyl (C=O) groups is 1. The van der Waals surface area contributed by atoms with Crippen LogP contribution in [-0.4, -0.2) is 53.0 Å². The van der Waals surface area contributed by atoms with Crippen molar-refractivity contribution < 1.29 is 4.79 Å². The van der Waals surface area contributed by atoms with E-state index in [2.05, 4.69) is 15.2 Å². The van der Waals surface area contributed by atoms with Crippen LogP contribution in [0.2, 0.25) is 0 Å². The Morgan fingerprint density at radius 3 is 2.64 bits per heavy atom. The third-order valence-corrected chi connectivity index (χ3v) is 5.98. The van der Waals surface area contributed by atoms with Gasteiger partial charge in [-0.15, -0.1) is 11.3 Å². The maximum absolute atomic E-state index is 12.6. The molecule has 0 unspecified atom stereocenters. The van der Waals surface area contributed by atoms with E-state index in [1.54, 1.807) is 11.3 Å². The van der Waals surface area contributed by atoms with Crippen molar-refractivity contribution in [2.75, 3.05) is 31.5 Å². The first kappa shape index (κ1) is 16.5. The van der Waals surface area contributed by atoms with Gasteiger partial charge < -0.3 is 10.2 Å². The molecular weight excluding hydrogens is 332 g/mol. The summed E-state index contributed by atoms with van der Waals surface area (Å²) in [5.74, 6) is 0. The summed E-state index contributed by atoms with van der Waals surface area (Å²) in [7, 11) is 0. The van der Waals surface area contributed by atoms with Crippen LogP contribution < -0.4 is 5.32 Å². The summed E-state index contributed by atoms with van der Waals surface area (Å²) < 4.78 is 0. The molecule has 0 saturated carbocycles. The van der Waals surface area contributed by atoms with Crippen LogP contribution in [0.5, 0.6) is 0 Å². The van der Waals surface area contributed by atoms with Crippen molar-refractivity contribution in [1.29, 1.82) is 0 Å². The Balaban J connectivity index is 1.36. The minimum absolute atomic E-state index is 0.0193. The zero-order chi connectivity index (χ0) is 17.1. The molecule has 0 aliphatic carbocycles. The van der Waals surface area contributed by atoms with Crippen LogP contribution in [0, 0.1) is 0 Å². The number of rotatable bonds is 3. The summed E-state index contributed by atoms with van der Waals surface area (Å²) in [4.78, 5) is 21.5. The van der Waals surface area contributed by atoms with Crippen LogP contribution in [0.25, 0.3) is 10.6 Å². The van der Waals surface area contributed by atoms with Gasteiger partial charge in [-0.25, -0.2) is 9.78 Å². The fourth-order valence-corrected chi connectivity index (χ4v) is 4.45. The highest BCUT2D eigenvalue weighted by molar-refractivity contribution is 7.13. The first-order chi connectivity index (χ1) is 12.3. The number of hydrogen-bond acceptors (Lipinski definition) is 4.